The number of amides is 2. The van der Waals surface area contributed by atoms with E-state index in [4.69, 9.17) is 16.3 Å². The molecule has 27 heavy (non-hydrogen) atoms. The highest BCUT2D eigenvalue weighted by atomic mass is 35.5. The molecular formula is C18H20ClN5O3. The van der Waals surface area contributed by atoms with Crippen molar-refractivity contribution in [3.63, 3.8) is 0 Å². The number of aromatic nitrogens is 2. The Morgan fingerprint density at radius 1 is 1.22 bits per heavy atom. The first-order valence-corrected chi connectivity index (χ1v) is 8.83. The van der Waals surface area contributed by atoms with Crippen LogP contribution in [0.2, 0.25) is 5.02 Å². The molecular weight excluding hydrogens is 370 g/mol. The lowest BCUT2D eigenvalue weighted by Crippen LogP contribution is -2.48. The van der Waals surface area contributed by atoms with E-state index in [-0.39, 0.29) is 5.91 Å². The third-order valence-electron chi connectivity index (χ3n) is 4.23. The summed E-state index contributed by atoms with van der Waals surface area (Å²) in [5.41, 5.74) is 1.03. The number of carbonyl (C=O) groups is 2. The molecule has 0 radical (unpaired) electrons. The number of carbonyl (C=O) groups excluding carboxylic acids is 2. The maximum atomic E-state index is 12.8. The summed E-state index contributed by atoms with van der Waals surface area (Å²) < 4.78 is 5.14. The molecule has 1 saturated heterocycles. The number of rotatable bonds is 5. The molecule has 1 aromatic carbocycles. The number of hydrogen-bond acceptors (Lipinski definition) is 6. The van der Waals surface area contributed by atoms with Crippen molar-refractivity contribution in [1.82, 2.24) is 19.8 Å². The summed E-state index contributed by atoms with van der Waals surface area (Å²) in [6.45, 7) is 3.74. The minimum atomic E-state index is -0.179. The van der Waals surface area contributed by atoms with Gasteiger partial charge in [-0.3, -0.25) is 9.59 Å². The summed E-state index contributed by atoms with van der Waals surface area (Å²) in [5.74, 6) is 1.38. The standard InChI is InChI=1S/C18H20ClN5O3/c1-12-20-15(18(26)24-7-5-23(11-25)6-8-24)10-17(21-12)22-13-3-4-16(27-2)14(19)9-13/h3-4,9-11H,5-8H2,1-2H3,(H,20,21,22). The Balaban J connectivity index is 1.77. The summed E-state index contributed by atoms with van der Waals surface area (Å²) >= 11 is 6.15. The molecule has 0 atom stereocenters. The van der Waals surface area contributed by atoms with Gasteiger partial charge in [0.25, 0.3) is 5.91 Å². The van der Waals surface area contributed by atoms with E-state index < -0.39 is 0 Å². The lowest BCUT2D eigenvalue weighted by molar-refractivity contribution is -0.119. The van der Waals surface area contributed by atoms with Gasteiger partial charge in [0, 0.05) is 37.9 Å². The summed E-state index contributed by atoms with van der Waals surface area (Å²) in [6, 6.07) is 6.89. The van der Waals surface area contributed by atoms with Crippen molar-refractivity contribution in [2.24, 2.45) is 0 Å². The van der Waals surface area contributed by atoms with Gasteiger partial charge in [-0.05, 0) is 25.1 Å². The quantitative estimate of drug-likeness (QED) is 0.788. The molecule has 1 aromatic heterocycles. The number of nitrogens with zero attached hydrogens (tertiary/aromatic N) is 4. The average molecular weight is 390 g/mol. The van der Waals surface area contributed by atoms with Crippen molar-refractivity contribution in [2.45, 2.75) is 6.92 Å². The number of hydrogen-bond donors (Lipinski definition) is 1. The fourth-order valence-electron chi connectivity index (χ4n) is 2.83. The molecule has 1 fully saturated rings. The van der Waals surface area contributed by atoms with Crippen LogP contribution < -0.4 is 10.1 Å². The number of benzene rings is 1. The van der Waals surface area contributed by atoms with Crippen LogP contribution in [0.1, 0.15) is 16.3 Å². The van der Waals surface area contributed by atoms with Crippen LogP contribution in [0.3, 0.4) is 0 Å². The summed E-state index contributed by atoms with van der Waals surface area (Å²) in [7, 11) is 1.55. The van der Waals surface area contributed by atoms with Gasteiger partial charge in [-0.1, -0.05) is 11.6 Å². The highest BCUT2D eigenvalue weighted by molar-refractivity contribution is 6.32. The summed E-state index contributed by atoms with van der Waals surface area (Å²) in [5, 5.41) is 3.60. The predicted octanol–water partition coefficient (Wildman–Crippen LogP) is 2.10. The second-order valence-electron chi connectivity index (χ2n) is 6.09. The highest BCUT2D eigenvalue weighted by Gasteiger charge is 2.23. The minimum Gasteiger partial charge on any atom is -0.495 e. The van der Waals surface area contributed by atoms with Crippen LogP contribution in [-0.4, -0.2) is 65.4 Å². The molecule has 2 amide bonds. The monoisotopic (exact) mass is 389 g/mol. The first kappa shape index (κ1) is 18.9. The van der Waals surface area contributed by atoms with Gasteiger partial charge in [-0.15, -0.1) is 0 Å². The molecule has 0 saturated carbocycles. The lowest BCUT2D eigenvalue weighted by atomic mass is 10.2. The second kappa shape index (κ2) is 8.22. The van der Waals surface area contributed by atoms with E-state index in [1.807, 2.05) is 6.07 Å². The van der Waals surface area contributed by atoms with Crippen molar-refractivity contribution < 1.29 is 14.3 Å². The third-order valence-corrected chi connectivity index (χ3v) is 4.53. The van der Waals surface area contributed by atoms with Gasteiger partial charge in [0.2, 0.25) is 6.41 Å². The Hall–Kier alpha value is -2.87. The van der Waals surface area contributed by atoms with Gasteiger partial charge >= 0.3 is 0 Å². The Labute approximate surface area is 162 Å². The Morgan fingerprint density at radius 3 is 2.59 bits per heavy atom. The van der Waals surface area contributed by atoms with Crippen LogP contribution in [0, 0.1) is 6.92 Å². The van der Waals surface area contributed by atoms with Crippen LogP contribution in [0.4, 0.5) is 11.5 Å². The second-order valence-corrected chi connectivity index (χ2v) is 6.50. The molecule has 2 heterocycles. The Morgan fingerprint density at radius 2 is 1.96 bits per heavy atom. The number of ether oxygens (including phenoxy) is 1. The van der Waals surface area contributed by atoms with E-state index >= 15 is 0 Å². The lowest BCUT2D eigenvalue weighted by Gasteiger charge is -2.32. The predicted molar refractivity (Wildman–Crippen MR) is 102 cm³/mol. The first-order valence-electron chi connectivity index (χ1n) is 8.45. The van der Waals surface area contributed by atoms with Crippen molar-refractivity contribution in [3.8, 4) is 5.75 Å². The average Bonchev–Trinajstić information content (AvgIpc) is 2.67. The zero-order chi connectivity index (χ0) is 19.4. The maximum absolute atomic E-state index is 12.8. The summed E-state index contributed by atoms with van der Waals surface area (Å²) in [6.07, 6.45) is 0.804. The van der Waals surface area contributed by atoms with Gasteiger partial charge in [-0.2, -0.15) is 0 Å². The SMILES string of the molecule is COc1ccc(Nc2cc(C(=O)N3CCN(C=O)CC3)nc(C)n2)cc1Cl. The zero-order valence-electron chi connectivity index (χ0n) is 15.1. The van der Waals surface area contributed by atoms with E-state index in [0.29, 0.717) is 54.3 Å². The van der Waals surface area contributed by atoms with Crippen LogP contribution >= 0.6 is 11.6 Å². The van der Waals surface area contributed by atoms with Crippen molar-refractivity contribution >= 4 is 35.4 Å². The molecule has 9 heteroatoms. The van der Waals surface area contributed by atoms with Crippen LogP contribution in [-0.2, 0) is 4.79 Å². The maximum Gasteiger partial charge on any atom is 0.272 e. The molecule has 1 aliphatic heterocycles. The van der Waals surface area contributed by atoms with E-state index in [1.54, 1.807) is 42.0 Å². The smallest absolute Gasteiger partial charge is 0.272 e. The molecule has 3 rings (SSSR count). The number of methoxy groups -OCH3 is 1. The number of anilines is 2. The van der Waals surface area contributed by atoms with E-state index in [2.05, 4.69) is 15.3 Å². The molecule has 8 nitrogen and oxygen atoms in total. The van der Waals surface area contributed by atoms with Gasteiger partial charge in [0.15, 0.2) is 0 Å². The van der Waals surface area contributed by atoms with Gasteiger partial charge in [0.05, 0.1) is 12.1 Å². The fourth-order valence-corrected chi connectivity index (χ4v) is 3.08. The van der Waals surface area contributed by atoms with Crippen LogP contribution in [0.25, 0.3) is 0 Å². The van der Waals surface area contributed by atoms with E-state index in [9.17, 15) is 9.59 Å². The highest BCUT2D eigenvalue weighted by Crippen LogP contribution is 2.28. The first-order chi connectivity index (χ1) is 13.0. The molecule has 142 valence electrons. The largest absolute Gasteiger partial charge is 0.495 e. The molecule has 2 aromatic rings. The minimum absolute atomic E-state index is 0.179. The molecule has 1 N–H and O–H groups in total. The van der Waals surface area contributed by atoms with Gasteiger partial charge < -0.3 is 19.9 Å². The van der Waals surface area contributed by atoms with Crippen LogP contribution in [0.5, 0.6) is 5.75 Å². The molecule has 0 aliphatic carbocycles. The number of halogens is 1. The van der Waals surface area contributed by atoms with Crippen molar-refractivity contribution in [2.75, 3.05) is 38.6 Å². The Kier molecular flexibility index (Phi) is 5.75. The zero-order valence-corrected chi connectivity index (χ0v) is 15.9. The van der Waals surface area contributed by atoms with Gasteiger partial charge in [-0.25, -0.2) is 9.97 Å². The molecule has 1 aliphatic rings. The number of piperazine rings is 1. The normalized spacial score (nSPS) is 14.0. The summed E-state index contributed by atoms with van der Waals surface area (Å²) in [4.78, 5) is 35.5. The number of nitrogens with one attached hydrogen (secondary N) is 1. The number of aryl methyl sites for hydroxylation is 1. The molecule has 0 spiro atoms. The van der Waals surface area contributed by atoms with Crippen LogP contribution in [0.15, 0.2) is 24.3 Å². The van der Waals surface area contributed by atoms with Crippen molar-refractivity contribution in [1.29, 1.82) is 0 Å². The van der Waals surface area contributed by atoms with Crippen molar-refractivity contribution in [3.05, 3.63) is 40.8 Å². The topological polar surface area (TPSA) is 87.7 Å². The molecule has 0 bridgehead atoms. The Bertz CT molecular complexity index is 853. The third kappa shape index (κ3) is 4.46. The molecule has 0 unspecified atom stereocenters. The van der Waals surface area contributed by atoms with E-state index in [0.717, 1.165) is 12.1 Å². The van der Waals surface area contributed by atoms with Gasteiger partial charge in [0.1, 0.15) is 23.1 Å². The van der Waals surface area contributed by atoms with E-state index in [1.165, 1.54) is 0 Å². The fraction of sp³-hybridized carbons (Fsp3) is 0.333.